The first-order valence-electron chi connectivity index (χ1n) is 3.80. The second-order valence-corrected chi connectivity index (χ2v) is 2.92. The molecule has 4 nitrogen and oxygen atoms in total. The largest absolute Gasteiger partial charge is 0.472 e. The van der Waals surface area contributed by atoms with Gasteiger partial charge in [0.25, 0.3) is 0 Å². The number of hydrogen-bond acceptors (Lipinski definition) is 3. The fourth-order valence-corrected chi connectivity index (χ4v) is 1.42. The van der Waals surface area contributed by atoms with E-state index < -0.39 is 0 Å². The van der Waals surface area contributed by atoms with Crippen LogP contribution >= 0.6 is 11.6 Å². The standard InChI is InChI=1S/C8H8ClN3O/c1-12-8(6-2-3-13-5-6)7(4-9)10-11-12/h2-3,5H,4H2,1H3. The summed E-state index contributed by atoms with van der Waals surface area (Å²) in [4.78, 5) is 0. The van der Waals surface area contributed by atoms with E-state index >= 15 is 0 Å². The zero-order chi connectivity index (χ0) is 9.26. The van der Waals surface area contributed by atoms with Crippen LogP contribution in [0.1, 0.15) is 5.69 Å². The van der Waals surface area contributed by atoms with Crippen LogP contribution in [0.25, 0.3) is 11.3 Å². The van der Waals surface area contributed by atoms with Gasteiger partial charge in [0.1, 0.15) is 5.69 Å². The minimum atomic E-state index is 0.356. The van der Waals surface area contributed by atoms with Crippen molar-refractivity contribution in [2.75, 3.05) is 0 Å². The third-order valence-electron chi connectivity index (χ3n) is 1.82. The molecule has 13 heavy (non-hydrogen) atoms. The molecular weight excluding hydrogens is 190 g/mol. The van der Waals surface area contributed by atoms with Gasteiger partial charge in [0.05, 0.1) is 24.1 Å². The molecule has 2 heterocycles. The highest BCUT2D eigenvalue weighted by Crippen LogP contribution is 2.22. The highest BCUT2D eigenvalue weighted by atomic mass is 35.5. The molecule has 2 aromatic heterocycles. The first-order chi connectivity index (χ1) is 6.33. The van der Waals surface area contributed by atoms with E-state index in [4.69, 9.17) is 16.0 Å². The second kappa shape index (κ2) is 3.22. The van der Waals surface area contributed by atoms with Crippen LogP contribution < -0.4 is 0 Å². The van der Waals surface area contributed by atoms with Crippen LogP contribution in [0.4, 0.5) is 0 Å². The molecule has 2 rings (SSSR count). The summed E-state index contributed by atoms with van der Waals surface area (Å²) in [7, 11) is 1.82. The van der Waals surface area contributed by atoms with Gasteiger partial charge >= 0.3 is 0 Å². The minimum Gasteiger partial charge on any atom is -0.472 e. The Bertz CT molecular complexity index is 393. The van der Waals surface area contributed by atoms with Crippen molar-refractivity contribution >= 4 is 11.6 Å². The lowest BCUT2D eigenvalue weighted by Gasteiger charge is -1.97. The Morgan fingerprint density at radius 2 is 2.46 bits per heavy atom. The van der Waals surface area contributed by atoms with Crippen molar-refractivity contribution in [2.24, 2.45) is 7.05 Å². The summed E-state index contributed by atoms with van der Waals surface area (Å²) < 4.78 is 6.66. The summed E-state index contributed by atoms with van der Waals surface area (Å²) in [5, 5.41) is 7.81. The monoisotopic (exact) mass is 197 g/mol. The third kappa shape index (κ3) is 1.33. The number of halogens is 1. The predicted molar refractivity (Wildman–Crippen MR) is 48.3 cm³/mol. The smallest absolute Gasteiger partial charge is 0.105 e. The number of hydrogen-bond donors (Lipinski definition) is 0. The molecule has 0 bridgehead atoms. The molecule has 0 spiro atoms. The Morgan fingerprint density at radius 1 is 1.62 bits per heavy atom. The molecule has 2 aromatic rings. The Kier molecular flexibility index (Phi) is 2.06. The molecule has 0 amide bonds. The topological polar surface area (TPSA) is 43.9 Å². The van der Waals surface area contributed by atoms with Gasteiger partial charge < -0.3 is 4.42 Å². The maximum Gasteiger partial charge on any atom is 0.105 e. The molecule has 0 saturated carbocycles. The van der Waals surface area contributed by atoms with Gasteiger partial charge in [-0.15, -0.1) is 16.7 Å². The number of furan rings is 1. The first kappa shape index (κ1) is 8.31. The quantitative estimate of drug-likeness (QED) is 0.690. The van der Waals surface area contributed by atoms with E-state index in [1.165, 1.54) is 0 Å². The fraction of sp³-hybridized carbons (Fsp3) is 0.250. The Hall–Kier alpha value is -1.29. The molecule has 0 aromatic carbocycles. The molecule has 0 atom stereocenters. The second-order valence-electron chi connectivity index (χ2n) is 2.65. The summed E-state index contributed by atoms with van der Waals surface area (Å²) in [5.41, 5.74) is 2.62. The van der Waals surface area contributed by atoms with Gasteiger partial charge in [0.15, 0.2) is 0 Å². The minimum absolute atomic E-state index is 0.356. The Labute approximate surface area is 80.1 Å². The number of alkyl halides is 1. The predicted octanol–water partition coefficient (Wildman–Crippen LogP) is 1.81. The Morgan fingerprint density at radius 3 is 3.08 bits per heavy atom. The highest BCUT2D eigenvalue weighted by molar-refractivity contribution is 6.17. The van der Waals surface area contributed by atoms with Crippen LogP contribution in [0, 0.1) is 0 Å². The van der Waals surface area contributed by atoms with E-state index in [0.29, 0.717) is 5.88 Å². The zero-order valence-electron chi connectivity index (χ0n) is 7.07. The molecule has 0 aliphatic rings. The van der Waals surface area contributed by atoms with Crippen LogP contribution in [0.5, 0.6) is 0 Å². The number of aromatic nitrogens is 3. The van der Waals surface area contributed by atoms with E-state index in [1.807, 2.05) is 13.1 Å². The van der Waals surface area contributed by atoms with Crippen molar-refractivity contribution < 1.29 is 4.42 Å². The molecule has 0 aliphatic carbocycles. The first-order valence-corrected chi connectivity index (χ1v) is 4.33. The van der Waals surface area contributed by atoms with Gasteiger partial charge in [0, 0.05) is 12.6 Å². The van der Waals surface area contributed by atoms with E-state index in [1.54, 1.807) is 17.2 Å². The lowest BCUT2D eigenvalue weighted by molar-refractivity contribution is 0.567. The zero-order valence-corrected chi connectivity index (χ0v) is 7.82. The van der Waals surface area contributed by atoms with Crippen molar-refractivity contribution in [3.8, 4) is 11.3 Å². The van der Waals surface area contributed by atoms with Crippen molar-refractivity contribution in [3.05, 3.63) is 24.3 Å². The highest BCUT2D eigenvalue weighted by Gasteiger charge is 2.12. The Balaban J connectivity index is 2.55. The molecule has 0 radical (unpaired) electrons. The average molecular weight is 198 g/mol. The normalized spacial score (nSPS) is 10.6. The molecule has 0 aliphatic heterocycles. The fourth-order valence-electron chi connectivity index (χ4n) is 1.24. The SMILES string of the molecule is Cn1nnc(CCl)c1-c1ccoc1. The maximum absolute atomic E-state index is 5.72. The molecule has 0 saturated heterocycles. The van der Waals surface area contributed by atoms with Crippen LogP contribution in [0.2, 0.25) is 0 Å². The molecule has 0 fully saturated rings. The van der Waals surface area contributed by atoms with Crippen LogP contribution in [-0.2, 0) is 12.9 Å². The van der Waals surface area contributed by atoms with Crippen molar-refractivity contribution in [1.29, 1.82) is 0 Å². The van der Waals surface area contributed by atoms with Gasteiger partial charge in [-0.05, 0) is 6.07 Å². The van der Waals surface area contributed by atoms with E-state index in [0.717, 1.165) is 17.0 Å². The molecule has 0 N–H and O–H groups in total. The third-order valence-corrected chi connectivity index (χ3v) is 2.07. The van der Waals surface area contributed by atoms with Gasteiger partial charge in [-0.3, -0.25) is 0 Å². The molecule has 5 heteroatoms. The van der Waals surface area contributed by atoms with E-state index in [9.17, 15) is 0 Å². The average Bonchev–Trinajstić information content (AvgIpc) is 2.72. The van der Waals surface area contributed by atoms with Gasteiger partial charge in [-0.25, -0.2) is 4.68 Å². The van der Waals surface area contributed by atoms with Crippen LogP contribution in [0.3, 0.4) is 0 Å². The number of aryl methyl sites for hydroxylation is 1. The summed E-state index contributed by atoms with van der Waals surface area (Å²) in [6, 6.07) is 1.86. The van der Waals surface area contributed by atoms with E-state index in [2.05, 4.69) is 10.3 Å². The van der Waals surface area contributed by atoms with E-state index in [-0.39, 0.29) is 0 Å². The summed E-state index contributed by atoms with van der Waals surface area (Å²) in [6.07, 6.45) is 3.26. The number of rotatable bonds is 2. The summed E-state index contributed by atoms with van der Waals surface area (Å²) in [6.45, 7) is 0. The molecule has 0 unspecified atom stereocenters. The maximum atomic E-state index is 5.72. The number of nitrogens with zero attached hydrogens (tertiary/aromatic N) is 3. The van der Waals surface area contributed by atoms with Gasteiger partial charge in [0.2, 0.25) is 0 Å². The summed E-state index contributed by atoms with van der Waals surface area (Å²) in [5.74, 6) is 0.356. The van der Waals surface area contributed by atoms with Crippen LogP contribution in [0.15, 0.2) is 23.0 Å². The molecule has 68 valence electrons. The molecular formula is C8H8ClN3O. The van der Waals surface area contributed by atoms with Crippen molar-refractivity contribution in [3.63, 3.8) is 0 Å². The van der Waals surface area contributed by atoms with Gasteiger partial charge in [-0.1, -0.05) is 5.21 Å². The van der Waals surface area contributed by atoms with Gasteiger partial charge in [-0.2, -0.15) is 0 Å². The lowest BCUT2D eigenvalue weighted by Crippen LogP contribution is -1.93. The van der Waals surface area contributed by atoms with Crippen LogP contribution in [-0.4, -0.2) is 15.0 Å². The summed E-state index contributed by atoms with van der Waals surface area (Å²) >= 11 is 5.72. The van der Waals surface area contributed by atoms with Crippen molar-refractivity contribution in [1.82, 2.24) is 15.0 Å². The lowest BCUT2D eigenvalue weighted by atomic mass is 10.2. The van der Waals surface area contributed by atoms with Crippen molar-refractivity contribution in [2.45, 2.75) is 5.88 Å².